The van der Waals surface area contributed by atoms with Gasteiger partial charge in [-0.2, -0.15) is 0 Å². The molecule has 0 saturated heterocycles. The first-order valence-electron chi connectivity index (χ1n) is 19.5. The average molecular weight is 698 g/mol. The summed E-state index contributed by atoms with van der Waals surface area (Å²) >= 11 is 0. The quantitative estimate of drug-likeness (QED) is 0.131. The van der Waals surface area contributed by atoms with Crippen LogP contribution in [-0.2, 0) is 10.8 Å². The van der Waals surface area contributed by atoms with Crippen molar-refractivity contribution in [1.29, 1.82) is 0 Å². The van der Waals surface area contributed by atoms with Gasteiger partial charge in [0.2, 0.25) is 0 Å². The van der Waals surface area contributed by atoms with Crippen molar-refractivity contribution in [2.75, 3.05) is 4.90 Å². The van der Waals surface area contributed by atoms with Gasteiger partial charge in [0.25, 0.3) is 0 Å². The van der Waals surface area contributed by atoms with E-state index < -0.39 is 5.41 Å². The van der Waals surface area contributed by atoms with Gasteiger partial charge in [0, 0.05) is 22.4 Å². The van der Waals surface area contributed by atoms with Gasteiger partial charge in [-0.3, -0.25) is 0 Å². The van der Waals surface area contributed by atoms with Crippen molar-refractivity contribution >= 4 is 60.2 Å². The Balaban J connectivity index is 1.14. The van der Waals surface area contributed by atoms with Gasteiger partial charge >= 0.3 is 0 Å². The van der Waals surface area contributed by atoms with E-state index in [0.717, 1.165) is 5.69 Å². The van der Waals surface area contributed by atoms with Crippen LogP contribution in [0.4, 0.5) is 17.1 Å². The number of hydrogen-bond donors (Lipinski definition) is 0. The molecule has 1 nitrogen and oxygen atoms in total. The molecule has 0 radical (unpaired) electrons. The minimum atomic E-state index is -0.454. The van der Waals surface area contributed by atoms with Crippen LogP contribution in [0.2, 0.25) is 0 Å². The van der Waals surface area contributed by atoms with Crippen LogP contribution in [0.1, 0.15) is 47.2 Å². The van der Waals surface area contributed by atoms with E-state index in [1.54, 1.807) is 0 Å². The van der Waals surface area contributed by atoms with Gasteiger partial charge in [0.05, 0.1) is 11.1 Å². The lowest BCUT2D eigenvalue weighted by Crippen LogP contribution is -2.26. The number of benzene rings is 10. The summed E-state index contributed by atoms with van der Waals surface area (Å²) in [4.78, 5) is 2.51. The highest BCUT2D eigenvalue weighted by Crippen LogP contribution is 2.65. The van der Waals surface area contributed by atoms with Crippen LogP contribution in [0.3, 0.4) is 0 Å². The molecule has 10 aromatic carbocycles. The van der Waals surface area contributed by atoms with Crippen LogP contribution in [-0.4, -0.2) is 0 Å². The first-order valence-corrected chi connectivity index (χ1v) is 19.5. The Kier molecular flexibility index (Phi) is 5.45. The van der Waals surface area contributed by atoms with Gasteiger partial charge in [-0.15, -0.1) is 0 Å². The number of rotatable bonds is 3. The molecule has 0 aliphatic heterocycles. The average Bonchev–Trinajstić information content (AvgIpc) is 3.80. The van der Waals surface area contributed by atoms with E-state index in [2.05, 4.69) is 195 Å². The molecular weight excluding hydrogens is 663 g/mol. The summed E-state index contributed by atoms with van der Waals surface area (Å²) in [5.41, 5.74) is 16.6. The smallest absolute Gasteiger partial charge is 0.0726 e. The topological polar surface area (TPSA) is 3.24 Å². The summed E-state index contributed by atoms with van der Waals surface area (Å²) < 4.78 is 0. The minimum absolute atomic E-state index is 0.0530. The third-order valence-corrected chi connectivity index (χ3v) is 13.6. The van der Waals surface area contributed by atoms with Crippen molar-refractivity contribution in [3.8, 4) is 22.3 Å². The summed E-state index contributed by atoms with van der Waals surface area (Å²) in [7, 11) is 0. The number of nitrogens with zero attached hydrogens (tertiary/aromatic N) is 1. The molecule has 0 aromatic heterocycles. The fraction of sp³-hybridized carbons (Fsp3) is 0.0741. The van der Waals surface area contributed by atoms with Crippen molar-refractivity contribution in [2.24, 2.45) is 0 Å². The molecule has 13 rings (SSSR count). The van der Waals surface area contributed by atoms with Crippen LogP contribution in [0, 0.1) is 0 Å². The maximum Gasteiger partial charge on any atom is 0.0726 e. The van der Waals surface area contributed by atoms with Crippen molar-refractivity contribution < 1.29 is 0 Å². The number of hydrogen-bond acceptors (Lipinski definition) is 1. The van der Waals surface area contributed by atoms with E-state index in [0.29, 0.717) is 0 Å². The number of para-hydroxylation sites is 1. The van der Waals surface area contributed by atoms with E-state index in [4.69, 9.17) is 0 Å². The summed E-state index contributed by atoms with van der Waals surface area (Å²) in [5.74, 6) is 0. The SMILES string of the molecule is CC1(C)c2ccccc2-c2cc(N(c3ccccc3)c3cccc4c3-c3ccccc3C43c4cccc5c6cccc7ccc8ccc3c(c45)c8c76)ccc21. The van der Waals surface area contributed by atoms with Gasteiger partial charge in [-0.1, -0.05) is 159 Å². The summed E-state index contributed by atoms with van der Waals surface area (Å²) in [6.07, 6.45) is 0. The highest BCUT2D eigenvalue weighted by Gasteiger charge is 2.52. The second kappa shape index (κ2) is 10.1. The van der Waals surface area contributed by atoms with Gasteiger partial charge < -0.3 is 4.90 Å². The highest BCUT2D eigenvalue weighted by molar-refractivity contribution is 6.36. The van der Waals surface area contributed by atoms with E-state index >= 15 is 0 Å². The molecule has 0 heterocycles. The van der Waals surface area contributed by atoms with E-state index in [1.165, 1.54) is 110 Å². The normalized spacial score (nSPS) is 16.8. The molecule has 0 N–H and O–H groups in total. The number of fused-ring (bicyclic) bond motifs is 11. The van der Waals surface area contributed by atoms with Crippen LogP contribution >= 0.6 is 0 Å². The maximum atomic E-state index is 2.51. The Morgan fingerprint density at radius 3 is 1.82 bits per heavy atom. The van der Waals surface area contributed by atoms with Gasteiger partial charge in [-0.05, 0) is 123 Å². The van der Waals surface area contributed by atoms with Crippen LogP contribution in [0.25, 0.3) is 65.3 Å². The predicted molar refractivity (Wildman–Crippen MR) is 231 cm³/mol. The molecule has 1 atom stereocenters. The second-order valence-corrected chi connectivity index (χ2v) is 16.4. The zero-order valence-electron chi connectivity index (χ0n) is 30.7. The van der Waals surface area contributed by atoms with Crippen molar-refractivity contribution in [3.63, 3.8) is 0 Å². The standard InChI is InChI=1S/C54H35N/c1-53(2)41-20-8-6-16-36(41)40-31-35(28-30-42(40)53)55(34-14-4-3-5-15-34)47-24-12-23-44-50(47)39-17-7-9-21-43(39)54(44)45-22-11-19-38-37-18-10-13-32-25-26-33-27-29-46(54)52(51(38)45)49(33)48(32)37/h3-31H,1-2H3. The lowest BCUT2D eigenvalue weighted by molar-refractivity contribution is 0.660. The van der Waals surface area contributed by atoms with Crippen LogP contribution in [0.5, 0.6) is 0 Å². The molecule has 0 amide bonds. The molecule has 0 saturated carbocycles. The molecule has 0 fully saturated rings. The van der Waals surface area contributed by atoms with Crippen molar-refractivity contribution in [1.82, 2.24) is 0 Å². The fourth-order valence-corrected chi connectivity index (χ4v) is 11.4. The molecule has 55 heavy (non-hydrogen) atoms. The van der Waals surface area contributed by atoms with Crippen LogP contribution < -0.4 is 4.90 Å². The molecule has 3 aliphatic rings. The highest BCUT2D eigenvalue weighted by atomic mass is 15.1. The second-order valence-electron chi connectivity index (χ2n) is 16.4. The van der Waals surface area contributed by atoms with Gasteiger partial charge in [0.1, 0.15) is 0 Å². The molecule has 10 aromatic rings. The zero-order chi connectivity index (χ0) is 36.2. The molecule has 0 bridgehead atoms. The fourth-order valence-electron chi connectivity index (χ4n) is 11.4. The Labute approximate surface area is 320 Å². The summed E-state index contributed by atoms with van der Waals surface area (Å²) in [5, 5.41) is 10.9. The Morgan fingerprint density at radius 2 is 0.964 bits per heavy atom. The van der Waals surface area contributed by atoms with E-state index in [1.807, 2.05) is 0 Å². The first kappa shape index (κ1) is 29.7. The largest absolute Gasteiger partial charge is 0.310 e. The van der Waals surface area contributed by atoms with E-state index in [-0.39, 0.29) is 5.41 Å². The third-order valence-electron chi connectivity index (χ3n) is 13.6. The molecule has 1 heteroatoms. The predicted octanol–water partition coefficient (Wildman–Crippen LogP) is 14.2. The van der Waals surface area contributed by atoms with E-state index in [9.17, 15) is 0 Å². The molecular formula is C54H35N. The molecule has 1 spiro atoms. The Hall–Kier alpha value is -6.70. The third kappa shape index (κ3) is 3.43. The first-order chi connectivity index (χ1) is 27.1. The lowest BCUT2D eigenvalue weighted by Gasteiger charge is -2.32. The summed E-state index contributed by atoms with van der Waals surface area (Å²) in [6.45, 7) is 4.72. The molecule has 256 valence electrons. The summed E-state index contributed by atoms with van der Waals surface area (Å²) in [6, 6.07) is 66.8. The van der Waals surface area contributed by atoms with Crippen molar-refractivity contribution in [2.45, 2.75) is 24.7 Å². The number of anilines is 3. The molecule has 3 aliphatic carbocycles. The zero-order valence-corrected chi connectivity index (χ0v) is 30.7. The van der Waals surface area contributed by atoms with Gasteiger partial charge in [0.15, 0.2) is 0 Å². The Morgan fingerprint density at radius 1 is 0.364 bits per heavy atom. The molecule has 1 unspecified atom stereocenters. The lowest BCUT2D eigenvalue weighted by atomic mass is 9.70. The monoisotopic (exact) mass is 697 g/mol. The van der Waals surface area contributed by atoms with Gasteiger partial charge in [-0.25, -0.2) is 0 Å². The Bertz CT molecular complexity index is 3300. The van der Waals surface area contributed by atoms with Crippen LogP contribution in [0.15, 0.2) is 176 Å². The minimum Gasteiger partial charge on any atom is -0.310 e. The van der Waals surface area contributed by atoms with Crippen molar-refractivity contribution in [3.05, 3.63) is 209 Å². The maximum absolute atomic E-state index is 2.51.